The highest BCUT2D eigenvalue weighted by Gasteiger charge is 2.32. The molecule has 0 saturated heterocycles. The van der Waals surface area contributed by atoms with Crippen molar-refractivity contribution < 1.29 is 13.2 Å². The van der Waals surface area contributed by atoms with Crippen LogP contribution >= 0.6 is 11.6 Å². The number of rotatable bonds is 8. The molecule has 0 aliphatic rings. The van der Waals surface area contributed by atoms with E-state index in [9.17, 15) is 13.2 Å². The van der Waals surface area contributed by atoms with Crippen molar-refractivity contribution in [3.8, 4) is 17.1 Å². The summed E-state index contributed by atoms with van der Waals surface area (Å²) in [5.41, 5.74) is 2.33. The Labute approximate surface area is 211 Å². The summed E-state index contributed by atoms with van der Waals surface area (Å²) in [6.07, 6.45) is 1.09. The maximum absolute atomic E-state index is 13.0. The molecule has 0 bridgehead atoms. The molecule has 0 aliphatic carbocycles. The molecule has 4 aromatic rings. The molecule has 0 fully saturated rings. The lowest BCUT2D eigenvalue weighted by Gasteiger charge is -2.11. The summed E-state index contributed by atoms with van der Waals surface area (Å²) in [5, 5.41) is 13.0. The van der Waals surface area contributed by atoms with Crippen LogP contribution in [0.3, 0.4) is 0 Å². The van der Waals surface area contributed by atoms with Gasteiger partial charge in [0.25, 0.3) is 0 Å². The highest BCUT2D eigenvalue weighted by Crippen LogP contribution is 2.33. The SMILES string of the molecule is CCCCCn1nc(-c2ccc(C(F)(F)F)nc2)c(C)c1Nc1cc(-n2nc(C)c(Cl)c2C)ncn1. The Hall–Kier alpha value is -3.47. The zero-order valence-corrected chi connectivity index (χ0v) is 21.1. The Bertz CT molecular complexity index is 1360. The molecule has 0 aliphatic heterocycles. The van der Waals surface area contributed by atoms with Gasteiger partial charge >= 0.3 is 6.18 Å². The van der Waals surface area contributed by atoms with Crippen LogP contribution < -0.4 is 5.32 Å². The first-order chi connectivity index (χ1) is 17.1. The average molecular weight is 519 g/mol. The Balaban J connectivity index is 1.70. The number of unbranched alkanes of at least 4 members (excludes halogenated alkanes) is 2. The highest BCUT2D eigenvalue weighted by molar-refractivity contribution is 6.31. The average Bonchev–Trinajstić information content (AvgIpc) is 3.29. The number of hydrogen-bond donors (Lipinski definition) is 1. The Morgan fingerprint density at radius 2 is 1.81 bits per heavy atom. The molecule has 0 atom stereocenters. The quantitative estimate of drug-likeness (QED) is 0.270. The Kier molecular flexibility index (Phi) is 7.30. The van der Waals surface area contributed by atoms with E-state index >= 15 is 0 Å². The van der Waals surface area contributed by atoms with Gasteiger partial charge in [-0.25, -0.2) is 19.3 Å². The van der Waals surface area contributed by atoms with Crippen LogP contribution in [-0.4, -0.2) is 34.5 Å². The zero-order chi connectivity index (χ0) is 26.0. The standard InChI is InChI=1S/C24H26ClF3N8/c1-5-6-7-10-35-23(14(2)22(34-35)17-8-9-18(29-12-17)24(26,27)28)32-19-11-20(31-13-30-19)36-16(4)21(25)15(3)33-36/h8-9,11-13H,5-7,10H2,1-4H3,(H,30,31,32). The Morgan fingerprint density at radius 1 is 1.03 bits per heavy atom. The van der Waals surface area contributed by atoms with Gasteiger partial charge < -0.3 is 5.32 Å². The van der Waals surface area contributed by atoms with Gasteiger partial charge in [-0.1, -0.05) is 31.4 Å². The van der Waals surface area contributed by atoms with Crippen LogP contribution in [0.25, 0.3) is 17.1 Å². The van der Waals surface area contributed by atoms with Gasteiger partial charge in [-0.05, 0) is 39.3 Å². The third kappa shape index (κ3) is 5.20. The van der Waals surface area contributed by atoms with Crippen LogP contribution in [0.15, 0.2) is 30.7 Å². The summed E-state index contributed by atoms with van der Waals surface area (Å²) in [6, 6.07) is 4.10. The van der Waals surface area contributed by atoms with Crippen LogP contribution in [0, 0.1) is 20.8 Å². The molecule has 4 heterocycles. The number of anilines is 2. The van der Waals surface area contributed by atoms with E-state index in [1.165, 1.54) is 18.6 Å². The van der Waals surface area contributed by atoms with Crippen LogP contribution in [0.1, 0.15) is 48.8 Å². The fraction of sp³-hybridized carbons (Fsp3) is 0.375. The first-order valence-electron chi connectivity index (χ1n) is 11.5. The Morgan fingerprint density at radius 3 is 2.42 bits per heavy atom. The number of halogens is 4. The monoisotopic (exact) mass is 518 g/mol. The number of nitrogens with one attached hydrogen (secondary N) is 1. The molecule has 8 nitrogen and oxygen atoms in total. The minimum Gasteiger partial charge on any atom is -0.325 e. The van der Waals surface area contributed by atoms with E-state index in [2.05, 4.69) is 32.3 Å². The van der Waals surface area contributed by atoms with E-state index in [0.717, 1.165) is 36.6 Å². The molecule has 12 heteroatoms. The minimum atomic E-state index is -4.50. The number of aryl methyl sites for hydroxylation is 2. The number of hydrogen-bond acceptors (Lipinski definition) is 6. The smallest absolute Gasteiger partial charge is 0.325 e. The molecule has 0 radical (unpaired) electrons. The third-order valence-electron chi connectivity index (χ3n) is 5.81. The fourth-order valence-electron chi connectivity index (χ4n) is 3.86. The molecule has 1 N–H and O–H groups in total. The number of aromatic nitrogens is 7. The molecule has 0 spiro atoms. The zero-order valence-electron chi connectivity index (χ0n) is 20.4. The number of nitrogens with zero attached hydrogens (tertiary/aromatic N) is 7. The van der Waals surface area contributed by atoms with E-state index in [1.807, 2.05) is 25.5 Å². The van der Waals surface area contributed by atoms with Gasteiger partial charge in [-0.3, -0.25) is 4.98 Å². The van der Waals surface area contributed by atoms with Crippen LogP contribution in [-0.2, 0) is 12.7 Å². The summed E-state index contributed by atoms with van der Waals surface area (Å²) >= 11 is 6.29. The van der Waals surface area contributed by atoms with Crippen molar-refractivity contribution in [2.75, 3.05) is 5.32 Å². The minimum absolute atomic E-state index is 0.499. The van der Waals surface area contributed by atoms with Crippen molar-refractivity contribution in [1.82, 2.24) is 34.5 Å². The van der Waals surface area contributed by atoms with E-state index in [-0.39, 0.29) is 0 Å². The summed E-state index contributed by atoms with van der Waals surface area (Å²) in [7, 11) is 0. The van der Waals surface area contributed by atoms with Gasteiger partial charge in [-0.15, -0.1) is 0 Å². The van der Waals surface area contributed by atoms with Gasteiger partial charge in [0.2, 0.25) is 0 Å². The molecule has 36 heavy (non-hydrogen) atoms. The van der Waals surface area contributed by atoms with E-state index in [1.54, 1.807) is 10.7 Å². The topological polar surface area (TPSA) is 86.3 Å². The molecule has 0 aromatic carbocycles. The summed E-state index contributed by atoms with van der Waals surface area (Å²) in [6.45, 7) is 8.29. The van der Waals surface area contributed by atoms with Crippen molar-refractivity contribution in [2.24, 2.45) is 0 Å². The third-order valence-corrected chi connectivity index (χ3v) is 6.36. The van der Waals surface area contributed by atoms with Gasteiger partial charge in [-0.2, -0.15) is 23.4 Å². The first-order valence-corrected chi connectivity index (χ1v) is 11.9. The van der Waals surface area contributed by atoms with E-state index < -0.39 is 11.9 Å². The van der Waals surface area contributed by atoms with Crippen molar-refractivity contribution in [3.05, 3.63) is 58.4 Å². The van der Waals surface area contributed by atoms with Crippen molar-refractivity contribution in [1.29, 1.82) is 0 Å². The van der Waals surface area contributed by atoms with Crippen LogP contribution in [0.4, 0.5) is 24.8 Å². The fourth-order valence-corrected chi connectivity index (χ4v) is 3.98. The molecule has 0 unspecified atom stereocenters. The lowest BCUT2D eigenvalue weighted by molar-refractivity contribution is -0.141. The highest BCUT2D eigenvalue weighted by atomic mass is 35.5. The first kappa shape index (κ1) is 25.6. The maximum atomic E-state index is 13.0. The van der Waals surface area contributed by atoms with Gasteiger partial charge in [0.1, 0.15) is 23.7 Å². The second-order valence-electron chi connectivity index (χ2n) is 8.47. The molecule has 4 rings (SSSR count). The van der Waals surface area contributed by atoms with E-state index in [4.69, 9.17) is 16.7 Å². The van der Waals surface area contributed by atoms with Gasteiger partial charge in [0.05, 0.1) is 22.1 Å². The van der Waals surface area contributed by atoms with E-state index in [0.29, 0.717) is 46.0 Å². The van der Waals surface area contributed by atoms with Crippen molar-refractivity contribution in [2.45, 2.75) is 59.7 Å². The van der Waals surface area contributed by atoms with Gasteiger partial charge in [0, 0.05) is 29.9 Å². The number of pyridine rings is 1. The predicted molar refractivity (Wildman–Crippen MR) is 132 cm³/mol. The predicted octanol–water partition coefficient (Wildman–Crippen LogP) is 6.45. The second-order valence-corrected chi connectivity index (χ2v) is 8.84. The molecular formula is C24H26ClF3N8. The maximum Gasteiger partial charge on any atom is 0.433 e. The molecular weight excluding hydrogens is 493 g/mol. The largest absolute Gasteiger partial charge is 0.433 e. The second kappa shape index (κ2) is 10.3. The number of alkyl halides is 3. The van der Waals surface area contributed by atoms with Crippen molar-refractivity contribution in [3.63, 3.8) is 0 Å². The summed E-state index contributed by atoms with van der Waals surface area (Å²) in [5.74, 6) is 1.75. The normalized spacial score (nSPS) is 11.8. The van der Waals surface area contributed by atoms with Crippen LogP contribution in [0.5, 0.6) is 0 Å². The molecule has 0 amide bonds. The van der Waals surface area contributed by atoms with Crippen LogP contribution in [0.2, 0.25) is 5.02 Å². The molecule has 0 saturated carbocycles. The molecule has 190 valence electrons. The lowest BCUT2D eigenvalue weighted by Crippen LogP contribution is -2.08. The summed E-state index contributed by atoms with van der Waals surface area (Å²) in [4.78, 5) is 12.3. The van der Waals surface area contributed by atoms with Gasteiger partial charge in [0.15, 0.2) is 5.82 Å². The summed E-state index contributed by atoms with van der Waals surface area (Å²) < 4.78 is 42.4. The molecule has 4 aromatic heterocycles. The van der Waals surface area contributed by atoms with Crippen molar-refractivity contribution >= 4 is 23.2 Å². The lowest BCUT2D eigenvalue weighted by atomic mass is 10.1.